The van der Waals surface area contributed by atoms with Gasteiger partial charge in [0.05, 0.1) is 21.6 Å². The van der Waals surface area contributed by atoms with Gasteiger partial charge in [-0.05, 0) is 44.2 Å². The summed E-state index contributed by atoms with van der Waals surface area (Å²) in [6, 6.07) is 9.96. The van der Waals surface area contributed by atoms with E-state index in [4.69, 9.17) is 23.2 Å². The summed E-state index contributed by atoms with van der Waals surface area (Å²) in [5.74, 6) is -0.546. The summed E-state index contributed by atoms with van der Waals surface area (Å²) in [7, 11) is -3.80. The number of rotatable bonds is 5. The van der Waals surface area contributed by atoms with E-state index in [0.717, 1.165) is 5.56 Å². The Morgan fingerprint density at radius 1 is 1.08 bits per heavy atom. The van der Waals surface area contributed by atoms with Crippen LogP contribution in [0.25, 0.3) is 0 Å². The largest absolute Gasteiger partial charge is 0.323 e. The van der Waals surface area contributed by atoms with Crippen LogP contribution in [0.15, 0.2) is 47.4 Å². The summed E-state index contributed by atoms with van der Waals surface area (Å²) in [6.45, 7) is 3.30. The average molecular weight is 387 g/mol. The Hall–Kier alpha value is -1.60. The topological polar surface area (TPSA) is 75.3 Å². The van der Waals surface area contributed by atoms with Gasteiger partial charge in [0.25, 0.3) is 0 Å². The van der Waals surface area contributed by atoms with E-state index in [2.05, 4.69) is 10.0 Å². The smallest absolute Gasteiger partial charge is 0.242 e. The van der Waals surface area contributed by atoms with E-state index in [1.54, 1.807) is 24.3 Å². The Bertz CT molecular complexity index is 852. The van der Waals surface area contributed by atoms with E-state index >= 15 is 0 Å². The Morgan fingerprint density at radius 2 is 1.71 bits per heavy atom. The zero-order valence-corrected chi connectivity index (χ0v) is 15.3. The highest BCUT2D eigenvalue weighted by molar-refractivity contribution is 7.89. The Balaban J connectivity index is 2.10. The van der Waals surface area contributed by atoms with Crippen LogP contribution in [-0.4, -0.2) is 20.4 Å². The Morgan fingerprint density at radius 3 is 2.33 bits per heavy atom. The van der Waals surface area contributed by atoms with E-state index in [0.29, 0.717) is 15.7 Å². The second-order valence-corrected chi connectivity index (χ2v) is 7.83. The number of hydrogen-bond donors (Lipinski definition) is 2. The molecule has 128 valence electrons. The predicted octanol–water partition coefficient (Wildman–Crippen LogP) is 3.61. The summed E-state index contributed by atoms with van der Waals surface area (Å²) >= 11 is 11.8. The van der Waals surface area contributed by atoms with Gasteiger partial charge in [-0.15, -0.1) is 0 Å². The summed E-state index contributed by atoms with van der Waals surface area (Å²) in [5, 5.41) is 3.26. The second-order valence-electron chi connectivity index (χ2n) is 5.27. The van der Waals surface area contributed by atoms with Gasteiger partial charge in [-0.2, -0.15) is 4.72 Å². The van der Waals surface area contributed by atoms with Crippen molar-refractivity contribution in [2.45, 2.75) is 24.8 Å². The third-order valence-electron chi connectivity index (χ3n) is 3.24. The highest BCUT2D eigenvalue weighted by atomic mass is 35.5. The first kappa shape index (κ1) is 18.7. The molecule has 0 spiro atoms. The van der Waals surface area contributed by atoms with E-state index in [-0.39, 0.29) is 4.90 Å². The number of halogens is 2. The van der Waals surface area contributed by atoms with Crippen LogP contribution >= 0.6 is 23.2 Å². The molecular formula is C16H16Cl2N2O3S. The van der Waals surface area contributed by atoms with Gasteiger partial charge in [0.2, 0.25) is 15.9 Å². The molecule has 8 heteroatoms. The molecule has 2 aromatic rings. The van der Waals surface area contributed by atoms with Gasteiger partial charge in [-0.3, -0.25) is 4.79 Å². The molecule has 2 rings (SSSR count). The Kier molecular flexibility index (Phi) is 5.87. The molecule has 0 saturated carbocycles. The van der Waals surface area contributed by atoms with Crippen molar-refractivity contribution in [3.63, 3.8) is 0 Å². The standard InChI is InChI=1S/C16H16Cl2N2O3S/c1-10-3-6-13(7-4-10)24(22,23)20-11(2)16(21)19-15-9-12(17)5-8-14(15)18/h3-9,11,20H,1-2H3,(H,19,21)/t11-/m0/s1. The van der Waals surface area contributed by atoms with Crippen molar-refractivity contribution in [2.24, 2.45) is 0 Å². The lowest BCUT2D eigenvalue weighted by atomic mass is 10.2. The summed E-state index contributed by atoms with van der Waals surface area (Å²) in [6.07, 6.45) is 0. The molecule has 0 saturated heterocycles. The van der Waals surface area contributed by atoms with Crippen molar-refractivity contribution < 1.29 is 13.2 Å². The summed E-state index contributed by atoms with van der Waals surface area (Å²) in [4.78, 5) is 12.3. The van der Waals surface area contributed by atoms with Crippen molar-refractivity contribution in [1.82, 2.24) is 4.72 Å². The molecule has 0 heterocycles. The van der Waals surface area contributed by atoms with Gasteiger partial charge in [-0.25, -0.2) is 8.42 Å². The van der Waals surface area contributed by atoms with Crippen molar-refractivity contribution in [3.8, 4) is 0 Å². The molecule has 24 heavy (non-hydrogen) atoms. The van der Waals surface area contributed by atoms with Crippen LogP contribution in [0, 0.1) is 6.92 Å². The second kappa shape index (κ2) is 7.53. The highest BCUT2D eigenvalue weighted by Crippen LogP contribution is 2.25. The number of hydrogen-bond acceptors (Lipinski definition) is 3. The first-order valence-electron chi connectivity index (χ1n) is 7.04. The van der Waals surface area contributed by atoms with Gasteiger partial charge in [0, 0.05) is 5.02 Å². The lowest BCUT2D eigenvalue weighted by molar-refractivity contribution is -0.117. The third kappa shape index (κ3) is 4.70. The van der Waals surface area contributed by atoms with Gasteiger partial charge >= 0.3 is 0 Å². The normalized spacial score (nSPS) is 12.7. The van der Waals surface area contributed by atoms with Crippen LogP contribution in [0.2, 0.25) is 10.0 Å². The molecule has 1 atom stereocenters. The molecule has 0 fully saturated rings. The van der Waals surface area contributed by atoms with Gasteiger partial charge in [0.1, 0.15) is 0 Å². The minimum absolute atomic E-state index is 0.0912. The third-order valence-corrected chi connectivity index (χ3v) is 5.36. The molecule has 2 aromatic carbocycles. The van der Waals surface area contributed by atoms with Crippen molar-refractivity contribution in [1.29, 1.82) is 0 Å². The average Bonchev–Trinajstić information content (AvgIpc) is 2.51. The lowest BCUT2D eigenvalue weighted by Gasteiger charge is -2.15. The lowest BCUT2D eigenvalue weighted by Crippen LogP contribution is -2.41. The molecule has 0 aliphatic heterocycles. The number of carbonyl (C=O) groups excluding carboxylic acids is 1. The number of carbonyl (C=O) groups is 1. The van der Waals surface area contributed by atoms with Gasteiger partial charge in [-0.1, -0.05) is 40.9 Å². The van der Waals surface area contributed by atoms with E-state index in [1.807, 2.05) is 6.92 Å². The number of nitrogens with one attached hydrogen (secondary N) is 2. The first-order valence-corrected chi connectivity index (χ1v) is 9.28. The minimum atomic E-state index is -3.80. The van der Waals surface area contributed by atoms with Crippen molar-refractivity contribution in [3.05, 3.63) is 58.1 Å². The first-order chi connectivity index (χ1) is 11.2. The monoisotopic (exact) mass is 386 g/mol. The zero-order valence-electron chi connectivity index (χ0n) is 13.0. The molecule has 0 aromatic heterocycles. The Labute approximate surface area is 151 Å². The van der Waals surface area contributed by atoms with Gasteiger partial charge < -0.3 is 5.32 Å². The van der Waals surface area contributed by atoms with Crippen molar-refractivity contribution in [2.75, 3.05) is 5.32 Å². The maximum absolute atomic E-state index is 12.3. The van der Waals surface area contributed by atoms with Crippen LogP contribution < -0.4 is 10.0 Å². The maximum Gasteiger partial charge on any atom is 0.242 e. The molecule has 2 N–H and O–H groups in total. The van der Waals surface area contributed by atoms with E-state index < -0.39 is 22.0 Å². The summed E-state index contributed by atoms with van der Waals surface area (Å²) < 4.78 is 26.9. The maximum atomic E-state index is 12.3. The van der Waals surface area contributed by atoms with Crippen LogP contribution in [-0.2, 0) is 14.8 Å². The van der Waals surface area contributed by atoms with Gasteiger partial charge in [0.15, 0.2) is 0 Å². The quantitative estimate of drug-likeness (QED) is 0.823. The van der Waals surface area contributed by atoms with Crippen LogP contribution in [0.3, 0.4) is 0 Å². The predicted molar refractivity (Wildman–Crippen MR) is 96.1 cm³/mol. The number of anilines is 1. The fourth-order valence-electron chi connectivity index (χ4n) is 1.91. The molecule has 0 bridgehead atoms. The molecule has 0 aliphatic rings. The number of sulfonamides is 1. The highest BCUT2D eigenvalue weighted by Gasteiger charge is 2.22. The van der Waals surface area contributed by atoms with Crippen LogP contribution in [0.5, 0.6) is 0 Å². The zero-order chi connectivity index (χ0) is 17.9. The fourth-order valence-corrected chi connectivity index (χ4v) is 3.45. The minimum Gasteiger partial charge on any atom is -0.323 e. The van der Waals surface area contributed by atoms with Crippen LogP contribution in [0.4, 0.5) is 5.69 Å². The number of amides is 1. The molecule has 1 amide bonds. The molecular weight excluding hydrogens is 371 g/mol. The summed E-state index contributed by atoms with van der Waals surface area (Å²) in [5.41, 5.74) is 1.26. The molecule has 0 aliphatic carbocycles. The SMILES string of the molecule is Cc1ccc(S(=O)(=O)N[C@@H](C)C(=O)Nc2cc(Cl)ccc2Cl)cc1. The van der Waals surface area contributed by atoms with Crippen LogP contribution in [0.1, 0.15) is 12.5 Å². The number of aryl methyl sites for hydroxylation is 1. The number of benzene rings is 2. The molecule has 0 unspecified atom stereocenters. The van der Waals surface area contributed by atoms with E-state index in [1.165, 1.54) is 25.1 Å². The van der Waals surface area contributed by atoms with Crippen molar-refractivity contribution >= 4 is 44.8 Å². The molecule has 0 radical (unpaired) electrons. The van der Waals surface area contributed by atoms with E-state index in [9.17, 15) is 13.2 Å². The molecule has 5 nitrogen and oxygen atoms in total. The fraction of sp³-hybridized carbons (Fsp3) is 0.188.